The van der Waals surface area contributed by atoms with E-state index in [1.54, 1.807) is 4.68 Å². The van der Waals surface area contributed by atoms with Crippen molar-refractivity contribution < 1.29 is 4.79 Å². The van der Waals surface area contributed by atoms with Crippen LogP contribution in [0.5, 0.6) is 0 Å². The first-order valence-corrected chi connectivity index (χ1v) is 5.14. The standard InChI is InChI=1S/C10H9ClN4O/c1-2-15-9(7(11)5-14-15)10(16)8-6-12-3-4-13-8/h3-6H,2H2,1H3. The molecular weight excluding hydrogens is 228 g/mol. The Labute approximate surface area is 97.1 Å². The predicted octanol–water partition coefficient (Wildman–Crippen LogP) is 1.58. The van der Waals surface area contributed by atoms with Crippen LogP contribution in [-0.2, 0) is 6.54 Å². The van der Waals surface area contributed by atoms with Crippen molar-refractivity contribution in [2.24, 2.45) is 0 Å². The molecule has 2 rings (SSSR count). The van der Waals surface area contributed by atoms with E-state index in [9.17, 15) is 4.79 Å². The minimum atomic E-state index is -0.266. The molecule has 0 unspecified atom stereocenters. The van der Waals surface area contributed by atoms with Gasteiger partial charge in [0.1, 0.15) is 11.4 Å². The van der Waals surface area contributed by atoms with Crippen molar-refractivity contribution in [3.63, 3.8) is 0 Å². The summed E-state index contributed by atoms with van der Waals surface area (Å²) >= 11 is 5.92. The lowest BCUT2D eigenvalue weighted by Crippen LogP contribution is -2.12. The first kappa shape index (κ1) is 10.8. The maximum Gasteiger partial charge on any atom is 0.232 e. The molecule has 0 atom stereocenters. The fourth-order valence-corrected chi connectivity index (χ4v) is 1.59. The monoisotopic (exact) mass is 236 g/mol. The van der Waals surface area contributed by atoms with Gasteiger partial charge in [0.2, 0.25) is 5.78 Å². The maximum atomic E-state index is 12.1. The Morgan fingerprint density at radius 2 is 2.25 bits per heavy atom. The van der Waals surface area contributed by atoms with Gasteiger partial charge in [-0.25, -0.2) is 4.98 Å². The number of nitrogens with zero attached hydrogens (tertiary/aromatic N) is 4. The van der Waals surface area contributed by atoms with Gasteiger partial charge in [0.05, 0.1) is 17.4 Å². The summed E-state index contributed by atoms with van der Waals surface area (Å²) in [6.07, 6.45) is 5.84. The van der Waals surface area contributed by atoms with Gasteiger partial charge < -0.3 is 0 Å². The van der Waals surface area contributed by atoms with Crippen LogP contribution in [0.1, 0.15) is 23.1 Å². The second-order valence-corrected chi connectivity index (χ2v) is 3.48. The molecule has 0 fully saturated rings. The van der Waals surface area contributed by atoms with Crippen molar-refractivity contribution in [1.82, 2.24) is 19.7 Å². The van der Waals surface area contributed by atoms with Crippen LogP contribution in [0.25, 0.3) is 0 Å². The van der Waals surface area contributed by atoms with E-state index in [-0.39, 0.29) is 11.5 Å². The third-order valence-electron chi connectivity index (χ3n) is 2.11. The van der Waals surface area contributed by atoms with E-state index in [1.165, 1.54) is 24.8 Å². The van der Waals surface area contributed by atoms with Crippen LogP contribution in [0.4, 0.5) is 0 Å². The van der Waals surface area contributed by atoms with Crippen LogP contribution in [0.3, 0.4) is 0 Å². The van der Waals surface area contributed by atoms with Crippen LogP contribution in [0.15, 0.2) is 24.8 Å². The summed E-state index contributed by atoms with van der Waals surface area (Å²) in [6, 6.07) is 0. The van der Waals surface area contributed by atoms with E-state index in [4.69, 9.17) is 11.6 Å². The third-order valence-corrected chi connectivity index (χ3v) is 2.38. The van der Waals surface area contributed by atoms with E-state index in [2.05, 4.69) is 15.1 Å². The van der Waals surface area contributed by atoms with E-state index in [0.29, 0.717) is 17.3 Å². The largest absolute Gasteiger partial charge is 0.285 e. The zero-order chi connectivity index (χ0) is 11.5. The Bertz CT molecular complexity index is 509. The van der Waals surface area contributed by atoms with Crippen LogP contribution < -0.4 is 0 Å². The van der Waals surface area contributed by atoms with Gasteiger partial charge in [-0.15, -0.1) is 0 Å². The van der Waals surface area contributed by atoms with Crippen molar-refractivity contribution in [3.8, 4) is 0 Å². The van der Waals surface area contributed by atoms with Crippen molar-refractivity contribution in [2.45, 2.75) is 13.5 Å². The Hall–Kier alpha value is -1.75. The quantitative estimate of drug-likeness (QED) is 0.759. The number of carbonyl (C=O) groups excluding carboxylic acids is 1. The minimum absolute atomic E-state index is 0.264. The summed E-state index contributed by atoms with van der Waals surface area (Å²) < 4.78 is 1.54. The topological polar surface area (TPSA) is 60.7 Å². The first-order valence-electron chi connectivity index (χ1n) is 4.76. The number of hydrogen-bond acceptors (Lipinski definition) is 4. The van der Waals surface area contributed by atoms with Gasteiger partial charge in [-0.3, -0.25) is 14.5 Å². The number of aromatic nitrogens is 4. The van der Waals surface area contributed by atoms with E-state index in [0.717, 1.165) is 0 Å². The lowest BCUT2D eigenvalue weighted by atomic mass is 10.2. The molecular formula is C10H9ClN4O. The number of aryl methyl sites for hydroxylation is 1. The fourth-order valence-electron chi connectivity index (χ4n) is 1.37. The molecule has 2 aromatic heterocycles. The molecule has 6 heteroatoms. The molecule has 0 aliphatic heterocycles. The summed E-state index contributed by atoms with van der Waals surface area (Å²) in [4.78, 5) is 19.8. The Morgan fingerprint density at radius 1 is 1.44 bits per heavy atom. The Kier molecular flexibility index (Phi) is 2.96. The molecule has 0 aromatic carbocycles. The zero-order valence-electron chi connectivity index (χ0n) is 8.59. The van der Waals surface area contributed by atoms with Gasteiger partial charge >= 0.3 is 0 Å². The molecule has 16 heavy (non-hydrogen) atoms. The molecule has 0 saturated carbocycles. The first-order chi connectivity index (χ1) is 7.74. The van der Waals surface area contributed by atoms with Gasteiger partial charge in [0.25, 0.3) is 0 Å². The van der Waals surface area contributed by atoms with Gasteiger partial charge in [-0.2, -0.15) is 5.10 Å². The van der Waals surface area contributed by atoms with Gasteiger partial charge in [0.15, 0.2) is 0 Å². The molecule has 0 N–H and O–H groups in total. The van der Waals surface area contributed by atoms with E-state index < -0.39 is 0 Å². The molecule has 0 amide bonds. The summed E-state index contributed by atoms with van der Waals surface area (Å²) in [7, 11) is 0. The highest BCUT2D eigenvalue weighted by atomic mass is 35.5. The average Bonchev–Trinajstić information content (AvgIpc) is 2.70. The number of halogens is 1. The molecule has 0 aliphatic carbocycles. The van der Waals surface area contributed by atoms with Gasteiger partial charge in [-0.05, 0) is 6.92 Å². The highest BCUT2D eigenvalue weighted by Gasteiger charge is 2.19. The second kappa shape index (κ2) is 4.40. The van der Waals surface area contributed by atoms with E-state index >= 15 is 0 Å². The molecule has 0 bridgehead atoms. The van der Waals surface area contributed by atoms with Crippen LogP contribution in [0, 0.1) is 0 Å². The number of rotatable bonds is 3. The molecule has 5 nitrogen and oxygen atoms in total. The number of ketones is 1. The molecule has 0 spiro atoms. The summed E-state index contributed by atoms with van der Waals surface area (Å²) in [5.74, 6) is -0.266. The van der Waals surface area contributed by atoms with Gasteiger partial charge in [0, 0.05) is 18.9 Å². The molecule has 0 aliphatic rings. The van der Waals surface area contributed by atoms with Gasteiger partial charge in [-0.1, -0.05) is 11.6 Å². The Morgan fingerprint density at radius 3 is 2.88 bits per heavy atom. The normalized spacial score (nSPS) is 10.4. The Balaban J connectivity index is 2.45. The fraction of sp³-hybridized carbons (Fsp3) is 0.200. The molecule has 82 valence electrons. The summed E-state index contributed by atoms with van der Waals surface area (Å²) in [5.41, 5.74) is 0.615. The second-order valence-electron chi connectivity index (χ2n) is 3.08. The van der Waals surface area contributed by atoms with Crippen LogP contribution in [0.2, 0.25) is 5.02 Å². The lowest BCUT2D eigenvalue weighted by Gasteiger charge is -2.03. The highest BCUT2D eigenvalue weighted by molar-refractivity contribution is 6.34. The summed E-state index contributed by atoms with van der Waals surface area (Å²) in [6.45, 7) is 2.46. The molecule has 2 heterocycles. The maximum absolute atomic E-state index is 12.1. The summed E-state index contributed by atoms with van der Waals surface area (Å²) in [5, 5.41) is 4.33. The minimum Gasteiger partial charge on any atom is -0.285 e. The highest BCUT2D eigenvalue weighted by Crippen LogP contribution is 2.17. The van der Waals surface area contributed by atoms with Crippen molar-refractivity contribution in [1.29, 1.82) is 0 Å². The third kappa shape index (κ3) is 1.81. The average molecular weight is 237 g/mol. The SMILES string of the molecule is CCn1ncc(Cl)c1C(=O)c1cnccn1. The number of hydrogen-bond donors (Lipinski definition) is 0. The van der Waals surface area contributed by atoms with Crippen molar-refractivity contribution in [2.75, 3.05) is 0 Å². The molecule has 2 aromatic rings. The lowest BCUT2D eigenvalue weighted by molar-refractivity contribution is 0.102. The molecule has 0 radical (unpaired) electrons. The zero-order valence-corrected chi connectivity index (χ0v) is 9.35. The van der Waals surface area contributed by atoms with Crippen LogP contribution in [-0.4, -0.2) is 25.5 Å². The number of carbonyl (C=O) groups is 1. The predicted molar refractivity (Wildman–Crippen MR) is 58.4 cm³/mol. The van der Waals surface area contributed by atoms with Crippen molar-refractivity contribution >= 4 is 17.4 Å². The van der Waals surface area contributed by atoms with E-state index in [1.807, 2.05) is 6.92 Å². The van der Waals surface area contributed by atoms with Crippen molar-refractivity contribution in [3.05, 3.63) is 41.2 Å². The van der Waals surface area contributed by atoms with Crippen LogP contribution >= 0.6 is 11.6 Å². The smallest absolute Gasteiger partial charge is 0.232 e. The molecule has 0 saturated heterocycles.